The summed E-state index contributed by atoms with van der Waals surface area (Å²) >= 11 is 5.37. The third-order valence-electron chi connectivity index (χ3n) is 3.72. The van der Waals surface area contributed by atoms with E-state index in [-0.39, 0.29) is 5.75 Å². The van der Waals surface area contributed by atoms with Gasteiger partial charge in [0.15, 0.2) is 5.75 Å². The third kappa shape index (κ3) is 3.47. The van der Waals surface area contributed by atoms with Gasteiger partial charge in [0.25, 0.3) is 0 Å². The van der Waals surface area contributed by atoms with E-state index in [4.69, 9.17) is 12.2 Å². The zero-order valence-electron chi connectivity index (χ0n) is 11.7. The van der Waals surface area contributed by atoms with Gasteiger partial charge in [-0.2, -0.15) is 0 Å². The molecular weight excluding hydrogens is 254 g/mol. The van der Waals surface area contributed by atoms with Gasteiger partial charge in [0.05, 0.1) is 10.2 Å². The molecule has 0 radical (unpaired) electrons. The van der Waals surface area contributed by atoms with E-state index in [1.807, 2.05) is 0 Å². The lowest BCUT2D eigenvalue weighted by molar-refractivity contribution is 0.458. The zero-order valence-corrected chi connectivity index (χ0v) is 12.5. The van der Waals surface area contributed by atoms with Crippen molar-refractivity contribution in [2.24, 2.45) is 0 Å². The Morgan fingerprint density at radius 2 is 1.89 bits per heavy atom. The van der Waals surface area contributed by atoms with Crippen LogP contribution in [0.15, 0.2) is 0 Å². The second kappa shape index (κ2) is 6.90. The molecule has 1 aliphatic rings. The highest BCUT2D eigenvalue weighted by molar-refractivity contribution is 7.71. The Bertz CT molecular complexity index is 600. The number of hydrogen-bond donors (Lipinski definition) is 2. The fraction of sp³-hybridized carbons (Fsp3) is 0.562. The van der Waals surface area contributed by atoms with Crippen molar-refractivity contribution in [2.45, 2.75) is 58.3 Å². The summed E-state index contributed by atoms with van der Waals surface area (Å²) in [5.74, 6) is 0.288. The van der Waals surface area contributed by atoms with Gasteiger partial charge in [0.2, 0.25) is 0 Å². The minimum Gasteiger partial charge on any atom is -0.505 e. The minimum atomic E-state index is 0.288. The summed E-state index contributed by atoms with van der Waals surface area (Å²) in [6.07, 6.45) is 13.4. The summed E-state index contributed by atoms with van der Waals surface area (Å²) in [6.45, 7) is 2.22. The predicted molar refractivity (Wildman–Crippen MR) is 83.2 cm³/mol. The number of hydrogen-bond acceptors (Lipinski definition) is 2. The van der Waals surface area contributed by atoms with Crippen molar-refractivity contribution in [2.75, 3.05) is 0 Å². The maximum atomic E-state index is 10.2. The summed E-state index contributed by atoms with van der Waals surface area (Å²) in [4.78, 5) is 3.36. The van der Waals surface area contributed by atoms with E-state index in [1.165, 1.54) is 25.7 Å². The van der Waals surface area contributed by atoms with E-state index in [9.17, 15) is 5.11 Å². The molecule has 0 unspecified atom stereocenters. The second-order valence-corrected chi connectivity index (χ2v) is 5.67. The van der Waals surface area contributed by atoms with Crippen molar-refractivity contribution in [3.05, 3.63) is 20.8 Å². The quantitative estimate of drug-likeness (QED) is 0.618. The van der Waals surface area contributed by atoms with Crippen LogP contribution >= 0.6 is 12.2 Å². The fourth-order valence-electron chi connectivity index (χ4n) is 2.58. The lowest BCUT2D eigenvalue weighted by atomic mass is 10.1. The SMILES string of the molecule is CCCCCCCc1[nH]c2c(c(=S)c1O)=CCCC=2. The fourth-order valence-corrected chi connectivity index (χ4v) is 2.90. The van der Waals surface area contributed by atoms with Crippen LogP contribution in [0.25, 0.3) is 12.2 Å². The van der Waals surface area contributed by atoms with E-state index in [0.717, 1.165) is 41.9 Å². The van der Waals surface area contributed by atoms with Crippen molar-refractivity contribution < 1.29 is 5.11 Å². The van der Waals surface area contributed by atoms with Gasteiger partial charge in [-0.3, -0.25) is 0 Å². The van der Waals surface area contributed by atoms with Crippen molar-refractivity contribution in [1.29, 1.82) is 0 Å². The number of aryl methyl sites for hydroxylation is 1. The Hall–Kier alpha value is -1.09. The molecule has 104 valence electrons. The Kier molecular flexibility index (Phi) is 5.20. The molecular formula is C16H23NOS. The number of aromatic amines is 1. The molecule has 0 spiro atoms. The van der Waals surface area contributed by atoms with Crippen molar-refractivity contribution in [1.82, 2.24) is 4.98 Å². The highest BCUT2D eigenvalue weighted by atomic mass is 32.1. The molecule has 0 aromatic carbocycles. The highest BCUT2D eigenvalue weighted by Gasteiger charge is 2.07. The number of unbranched alkanes of at least 4 members (excludes halogenated alkanes) is 4. The molecule has 1 aromatic heterocycles. The number of rotatable bonds is 6. The van der Waals surface area contributed by atoms with Crippen LogP contribution < -0.4 is 10.6 Å². The number of nitrogens with one attached hydrogen (secondary N) is 1. The lowest BCUT2D eigenvalue weighted by Crippen LogP contribution is -2.32. The molecule has 3 heteroatoms. The zero-order chi connectivity index (χ0) is 13.7. The van der Waals surface area contributed by atoms with Crippen LogP contribution in [0.2, 0.25) is 0 Å². The molecule has 2 nitrogen and oxygen atoms in total. The van der Waals surface area contributed by atoms with E-state index in [1.54, 1.807) is 0 Å². The summed E-state index contributed by atoms with van der Waals surface area (Å²) in [5, 5.41) is 12.3. The molecule has 0 saturated carbocycles. The van der Waals surface area contributed by atoms with Crippen LogP contribution in [0, 0.1) is 4.51 Å². The van der Waals surface area contributed by atoms with E-state index >= 15 is 0 Å². The maximum Gasteiger partial charge on any atom is 0.153 e. The van der Waals surface area contributed by atoms with Gasteiger partial charge in [0, 0.05) is 10.6 Å². The van der Waals surface area contributed by atoms with Gasteiger partial charge in [-0.25, -0.2) is 0 Å². The summed E-state index contributed by atoms with van der Waals surface area (Å²) in [6, 6.07) is 0. The third-order valence-corrected chi connectivity index (χ3v) is 4.13. The first kappa shape index (κ1) is 14.3. The Morgan fingerprint density at radius 3 is 2.68 bits per heavy atom. The Morgan fingerprint density at radius 1 is 1.16 bits per heavy atom. The summed E-state index contributed by atoms with van der Waals surface area (Å²) in [7, 11) is 0. The molecule has 0 amide bonds. The smallest absolute Gasteiger partial charge is 0.153 e. The van der Waals surface area contributed by atoms with Gasteiger partial charge in [-0.15, -0.1) is 0 Å². The van der Waals surface area contributed by atoms with Crippen LogP contribution in [-0.2, 0) is 6.42 Å². The first-order valence-corrected chi connectivity index (χ1v) is 7.79. The lowest BCUT2D eigenvalue weighted by Gasteiger charge is -2.08. The van der Waals surface area contributed by atoms with Crippen molar-refractivity contribution >= 4 is 24.4 Å². The van der Waals surface area contributed by atoms with Gasteiger partial charge in [-0.05, 0) is 25.7 Å². The van der Waals surface area contributed by atoms with E-state index in [2.05, 4.69) is 24.1 Å². The van der Waals surface area contributed by atoms with Gasteiger partial charge in [0.1, 0.15) is 0 Å². The topological polar surface area (TPSA) is 36.0 Å². The number of aromatic hydroxyl groups is 1. The molecule has 1 heterocycles. The van der Waals surface area contributed by atoms with E-state index in [0.29, 0.717) is 4.51 Å². The van der Waals surface area contributed by atoms with Crippen LogP contribution in [-0.4, -0.2) is 10.1 Å². The monoisotopic (exact) mass is 277 g/mol. The molecule has 0 saturated heterocycles. The van der Waals surface area contributed by atoms with Crippen molar-refractivity contribution in [3.8, 4) is 5.75 Å². The average Bonchev–Trinajstić information content (AvgIpc) is 2.44. The number of aromatic nitrogens is 1. The van der Waals surface area contributed by atoms with Gasteiger partial charge < -0.3 is 10.1 Å². The van der Waals surface area contributed by atoms with Crippen LogP contribution in [0.5, 0.6) is 5.75 Å². The second-order valence-electron chi connectivity index (χ2n) is 5.26. The first-order chi connectivity index (χ1) is 9.24. The molecule has 0 atom stereocenters. The predicted octanol–water partition coefficient (Wildman–Crippen LogP) is 3.32. The number of pyridine rings is 1. The maximum absolute atomic E-state index is 10.2. The largest absolute Gasteiger partial charge is 0.505 e. The standard InChI is InChI=1S/C16H23NOS/c1-2-3-4-5-6-11-14-15(18)16(19)12-9-7-8-10-13(12)17-14/h9-10,17-18H,2-8,11H2,1H3. The summed E-state index contributed by atoms with van der Waals surface area (Å²) in [5.41, 5.74) is 0.909. The molecule has 1 aliphatic carbocycles. The molecule has 1 aromatic rings. The molecule has 0 fully saturated rings. The van der Waals surface area contributed by atoms with E-state index < -0.39 is 0 Å². The van der Waals surface area contributed by atoms with Crippen molar-refractivity contribution in [3.63, 3.8) is 0 Å². The highest BCUT2D eigenvalue weighted by Crippen LogP contribution is 2.16. The molecule has 2 N–H and O–H groups in total. The first-order valence-electron chi connectivity index (χ1n) is 7.38. The molecule has 0 bridgehead atoms. The normalized spacial score (nSPS) is 13.5. The van der Waals surface area contributed by atoms with Crippen LogP contribution in [0.4, 0.5) is 0 Å². The Balaban J connectivity index is 2.14. The number of fused-ring (bicyclic) bond motifs is 1. The Labute approximate surface area is 119 Å². The van der Waals surface area contributed by atoms with Gasteiger partial charge in [-0.1, -0.05) is 57.0 Å². The van der Waals surface area contributed by atoms with Crippen LogP contribution in [0.3, 0.4) is 0 Å². The van der Waals surface area contributed by atoms with Crippen LogP contribution in [0.1, 0.15) is 57.6 Å². The molecule has 0 aliphatic heterocycles. The summed E-state index contributed by atoms with van der Waals surface area (Å²) < 4.78 is 0.619. The molecule has 2 rings (SSSR count). The molecule has 19 heavy (non-hydrogen) atoms. The van der Waals surface area contributed by atoms with Gasteiger partial charge >= 0.3 is 0 Å². The minimum absolute atomic E-state index is 0.288. The number of H-pyrrole nitrogens is 1. The average molecular weight is 277 g/mol.